The zero-order valence-corrected chi connectivity index (χ0v) is 15.8. The third-order valence-corrected chi connectivity index (χ3v) is 5.50. The van der Waals surface area contributed by atoms with Crippen LogP contribution in [0.4, 0.5) is 11.4 Å². The normalized spacial score (nSPS) is 14.7. The van der Waals surface area contributed by atoms with E-state index in [9.17, 15) is 13.2 Å². The van der Waals surface area contributed by atoms with Crippen molar-refractivity contribution in [3.63, 3.8) is 0 Å². The SMILES string of the molecule is COc1ccc(S(=O)(=O)Nc2ccc(N3CCOCC3=O)cc2)c(OC)c1. The van der Waals surface area contributed by atoms with Gasteiger partial charge in [-0.05, 0) is 36.4 Å². The Morgan fingerprint density at radius 1 is 1.07 bits per heavy atom. The first-order valence-electron chi connectivity index (χ1n) is 8.17. The molecule has 1 aliphatic heterocycles. The first-order chi connectivity index (χ1) is 12.9. The van der Waals surface area contributed by atoms with Crippen molar-refractivity contribution in [2.75, 3.05) is 43.6 Å². The van der Waals surface area contributed by atoms with Gasteiger partial charge in [-0.2, -0.15) is 0 Å². The number of hydrogen-bond acceptors (Lipinski definition) is 6. The van der Waals surface area contributed by atoms with Gasteiger partial charge in [0, 0.05) is 24.0 Å². The number of benzene rings is 2. The summed E-state index contributed by atoms with van der Waals surface area (Å²) >= 11 is 0. The van der Waals surface area contributed by atoms with Crippen LogP contribution in [0.25, 0.3) is 0 Å². The third kappa shape index (κ3) is 4.15. The Labute approximate surface area is 157 Å². The van der Waals surface area contributed by atoms with Crippen molar-refractivity contribution in [3.8, 4) is 11.5 Å². The zero-order valence-electron chi connectivity index (χ0n) is 15.0. The molecule has 0 saturated carbocycles. The second-order valence-corrected chi connectivity index (χ2v) is 7.42. The summed E-state index contributed by atoms with van der Waals surface area (Å²) in [5.41, 5.74) is 1.06. The van der Waals surface area contributed by atoms with E-state index in [2.05, 4.69) is 4.72 Å². The molecule has 1 saturated heterocycles. The van der Waals surface area contributed by atoms with Gasteiger partial charge in [0.05, 0.1) is 20.8 Å². The van der Waals surface area contributed by atoms with E-state index in [1.807, 2.05) is 0 Å². The van der Waals surface area contributed by atoms with Crippen LogP contribution < -0.4 is 19.1 Å². The molecule has 27 heavy (non-hydrogen) atoms. The van der Waals surface area contributed by atoms with Crippen LogP contribution in [-0.2, 0) is 19.6 Å². The number of methoxy groups -OCH3 is 2. The van der Waals surface area contributed by atoms with Gasteiger partial charge in [-0.15, -0.1) is 0 Å². The van der Waals surface area contributed by atoms with Gasteiger partial charge < -0.3 is 19.1 Å². The predicted octanol–water partition coefficient (Wildman–Crippen LogP) is 1.87. The molecule has 0 bridgehead atoms. The first-order valence-corrected chi connectivity index (χ1v) is 9.66. The molecule has 144 valence electrons. The highest BCUT2D eigenvalue weighted by Crippen LogP contribution is 2.30. The number of rotatable bonds is 6. The average Bonchev–Trinajstić information content (AvgIpc) is 2.68. The number of hydrogen-bond donors (Lipinski definition) is 1. The number of carbonyl (C=O) groups is 1. The van der Waals surface area contributed by atoms with Gasteiger partial charge in [0.15, 0.2) is 0 Å². The summed E-state index contributed by atoms with van der Waals surface area (Å²) in [6, 6.07) is 11.0. The van der Waals surface area contributed by atoms with Crippen LogP contribution in [0.15, 0.2) is 47.4 Å². The standard InChI is InChI=1S/C18H20N2O6S/c1-24-15-7-8-17(16(11-15)25-2)27(22,23)19-13-3-5-14(6-4-13)20-9-10-26-12-18(20)21/h3-8,11,19H,9-10,12H2,1-2H3. The molecule has 0 atom stereocenters. The number of nitrogens with one attached hydrogen (secondary N) is 1. The van der Waals surface area contributed by atoms with E-state index < -0.39 is 10.0 Å². The monoisotopic (exact) mass is 392 g/mol. The number of amides is 1. The van der Waals surface area contributed by atoms with Crippen molar-refractivity contribution in [1.82, 2.24) is 0 Å². The summed E-state index contributed by atoms with van der Waals surface area (Å²) in [4.78, 5) is 13.5. The van der Waals surface area contributed by atoms with Crippen LogP contribution in [0.1, 0.15) is 0 Å². The lowest BCUT2D eigenvalue weighted by Gasteiger charge is -2.27. The van der Waals surface area contributed by atoms with Gasteiger partial charge in [0.2, 0.25) is 0 Å². The van der Waals surface area contributed by atoms with Crippen molar-refractivity contribution in [1.29, 1.82) is 0 Å². The van der Waals surface area contributed by atoms with Crippen LogP contribution in [0.5, 0.6) is 11.5 Å². The Morgan fingerprint density at radius 2 is 1.81 bits per heavy atom. The van der Waals surface area contributed by atoms with E-state index in [0.29, 0.717) is 30.3 Å². The van der Waals surface area contributed by atoms with Crippen molar-refractivity contribution in [2.45, 2.75) is 4.90 Å². The van der Waals surface area contributed by atoms with Gasteiger partial charge in [-0.25, -0.2) is 8.42 Å². The molecule has 2 aromatic rings. The predicted molar refractivity (Wildman–Crippen MR) is 100.0 cm³/mol. The van der Waals surface area contributed by atoms with Crippen LogP contribution in [0.2, 0.25) is 0 Å². The summed E-state index contributed by atoms with van der Waals surface area (Å²) in [5.74, 6) is 0.542. The van der Waals surface area contributed by atoms with Crippen molar-refractivity contribution in [3.05, 3.63) is 42.5 Å². The quantitative estimate of drug-likeness (QED) is 0.807. The van der Waals surface area contributed by atoms with Gasteiger partial charge in [-0.1, -0.05) is 0 Å². The molecule has 9 heteroatoms. The smallest absolute Gasteiger partial charge is 0.265 e. The number of ether oxygens (including phenoxy) is 3. The Bertz CT molecular complexity index is 927. The summed E-state index contributed by atoms with van der Waals surface area (Å²) in [6.45, 7) is 0.982. The first kappa shape index (κ1) is 19.0. The van der Waals surface area contributed by atoms with Gasteiger partial charge in [0.25, 0.3) is 15.9 Å². The molecule has 1 heterocycles. The van der Waals surface area contributed by atoms with Crippen LogP contribution >= 0.6 is 0 Å². The highest BCUT2D eigenvalue weighted by Gasteiger charge is 2.22. The molecular formula is C18H20N2O6S. The average molecular weight is 392 g/mol. The molecule has 2 aromatic carbocycles. The lowest BCUT2D eigenvalue weighted by atomic mass is 10.2. The van der Waals surface area contributed by atoms with E-state index in [-0.39, 0.29) is 23.2 Å². The number of morpholine rings is 1. The Morgan fingerprint density at radius 3 is 2.44 bits per heavy atom. The summed E-state index contributed by atoms with van der Waals surface area (Å²) < 4.78 is 43.3. The number of anilines is 2. The maximum Gasteiger partial charge on any atom is 0.265 e. The third-order valence-electron chi connectivity index (χ3n) is 4.08. The van der Waals surface area contributed by atoms with Crippen molar-refractivity contribution >= 4 is 27.3 Å². The molecule has 3 rings (SSSR count). The van der Waals surface area contributed by atoms with Crippen molar-refractivity contribution in [2.24, 2.45) is 0 Å². The summed E-state index contributed by atoms with van der Waals surface area (Å²) in [7, 11) is -0.982. The molecule has 0 aromatic heterocycles. The number of nitrogens with zero attached hydrogens (tertiary/aromatic N) is 1. The lowest BCUT2D eigenvalue weighted by molar-refractivity contribution is -0.125. The topological polar surface area (TPSA) is 94.2 Å². The molecule has 0 unspecified atom stereocenters. The molecule has 0 radical (unpaired) electrons. The van der Waals surface area contributed by atoms with Crippen LogP contribution in [-0.4, -0.2) is 48.3 Å². The van der Waals surface area contributed by atoms with Gasteiger partial charge >= 0.3 is 0 Å². The summed E-state index contributed by atoms with van der Waals surface area (Å²) in [6.07, 6.45) is 0. The minimum atomic E-state index is -3.86. The fraction of sp³-hybridized carbons (Fsp3) is 0.278. The zero-order chi connectivity index (χ0) is 19.4. The second-order valence-electron chi connectivity index (χ2n) is 5.77. The fourth-order valence-corrected chi connectivity index (χ4v) is 3.92. The molecule has 8 nitrogen and oxygen atoms in total. The second kappa shape index (κ2) is 7.85. The van der Waals surface area contributed by atoms with Crippen LogP contribution in [0, 0.1) is 0 Å². The minimum Gasteiger partial charge on any atom is -0.497 e. The molecule has 1 aliphatic rings. The van der Waals surface area contributed by atoms with Crippen LogP contribution in [0.3, 0.4) is 0 Å². The van der Waals surface area contributed by atoms with Gasteiger partial charge in [0.1, 0.15) is 23.0 Å². The van der Waals surface area contributed by atoms with E-state index >= 15 is 0 Å². The van der Waals surface area contributed by atoms with Gasteiger partial charge in [-0.3, -0.25) is 9.52 Å². The number of sulfonamides is 1. The lowest BCUT2D eigenvalue weighted by Crippen LogP contribution is -2.41. The Kier molecular flexibility index (Phi) is 5.52. The maximum atomic E-state index is 12.7. The van der Waals surface area contributed by atoms with Crippen molar-refractivity contribution < 1.29 is 27.4 Å². The van der Waals surface area contributed by atoms with E-state index in [1.54, 1.807) is 35.2 Å². The molecule has 0 spiro atoms. The Balaban J connectivity index is 1.81. The highest BCUT2D eigenvalue weighted by atomic mass is 32.2. The minimum absolute atomic E-state index is 0.00164. The fourth-order valence-electron chi connectivity index (χ4n) is 2.71. The Hall–Kier alpha value is -2.78. The van der Waals surface area contributed by atoms with E-state index in [0.717, 1.165) is 0 Å². The number of carbonyl (C=O) groups excluding carboxylic acids is 1. The summed E-state index contributed by atoms with van der Waals surface area (Å²) in [5, 5.41) is 0. The van der Waals surface area contributed by atoms with E-state index in [1.165, 1.54) is 26.4 Å². The molecule has 1 N–H and O–H groups in total. The molecular weight excluding hydrogens is 372 g/mol. The molecule has 0 aliphatic carbocycles. The maximum absolute atomic E-state index is 12.7. The molecule has 1 amide bonds. The largest absolute Gasteiger partial charge is 0.497 e. The highest BCUT2D eigenvalue weighted by molar-refractivity contribution is 7.92. The van der Waals surface area contributed by atoms with E-state index in [4.69, 9.17) is 14.2 Å². The molecule has 1 fully saturated rings.